The van der Waals surface area contributed by atoms with Crippen LogP contribution in [0.25, 0.3) is 0 Å². The first-order chi connectivity index (χ1) is 7.88. The molecule has 2 rings (SSSR count). The van der Waals surface area contributed by atoms with Gasteiger partial charge in [-0.05, 0) is 6.92 Å². The number of thioether (sulfide) groups is 1. The lowest BCUT2D eigenvalue weighted by molar-refractivity contribution is 0.970. The normalized spacial score (nSPS) is 10.3. The van der Waals surface area contributed by atoms with Crippen LogP contribution in [-0.2, 0) is 5.75 Å². The van der Waals surface area contributed by atoms with Crippen molar-refractivity contribution in [3.05, 3.63) is 24.4 Å². The Labute approximate surface area is 97.3 Å². The van der Waals surface area contributed by atoms with Gasteiger partial charge in [-0.15, -0.1) is 0 Å². The molecule has 7 heteroatoms. The quantitative estimate of drug-likeness (QED) is 0.762. The summed E-state index contributed by atoms with van der Waals surface area (Å²) in [5, 5.41) is 10.4. The summed E-state index contributed by atoms with van der Waals surface area (Å²) in [6, 6.07) is 0. The SMILES string of the molecule is CCNc1cnc(CSc2ncn[nH]2)cn1. The third kappa shape index (κ3) is 2.93. The van der Waals surface area contributed by atoms with Crippen molar-refractivity contribution in [3.63, 3.8) is 0 Å². The summed E-state index contributed by atoms with van der Waals surface area (Å²) < 4.78 is 0. The number of H-pyrrole nitrogens is 1. The number of hydrogen-bond acceptors (Lipinski definition) is 6. The van der Waals surface area contributed by atoms with Gasteiger partial charge in [0, 0.05) is 12.3 Å². The topological polar surface area (TPSA) is 79.4 Å². The highest BCUT2D eigenvalue weighted by Gasteiger charge is 2.00. The van der Waals surface area contributed by atoms with E-state index in [0.29, 0.717) is 0 Å². The lowest BCUT2D eigenvalue weighted by atomic mass is 10.5. The fourth-order valence-corrected chi connectivity index (χ4v) is 1.78. The van der Waals surface area contributed by atoms with Crippen LogP contribution >= 0.6 is 11.8 Å². The lowest BCUT2D eigenvalue weighted by Crippen LogP contribution is -2.00. The summed E-state index contributed by atoms with van der Waals surface area (Å²) >= 11 is 1.55. The van der Waals surface area contributed by atoms with Crippen molar-refractivity contribution in [2.24, 2.45) is 0 Å². The van der Waals surface area contributed by atoms with E-state index in [-0.39, 0.29) is 0 Å². The fourth-order valence-electron chi connectivity index (χ4n) is 1.11. The molecule has 0 aliphatic heterocycles. The van der Waals surface area contributed by atoms with Gasteiger partial charge in [0.2, 0.25) is 0 Å². The van der Waals surface area contributed by atoms with Gasteiger partial charge in [0.1, 0.15) is 12.1 Å². The molecule has 2 N–H and O–H groups in total. The molecule has 0 spiro atoms. The minimum absolute atomic E-state index is 0.731. The first kappa shape index (κ1) is 10.9. The molecule has 0 aliphatic carbocycles. The summed E-state index contributed by atoms with van der Waals surface area (Å²) in [5.74, 6) is 1.53. The molecular formula is C9H12N6S. The van der Waals surface area contributed by atoms with Crippen molar-refractivity contribution in [2.75, 3.05) is 11.9 Å². The van der Waals surface area contributed by atoms with E-state index in [2.05, 4.69) is 30.5 Å². The van der Waals surface area contributed by atoms with Crippen LogP contribution in [0, 0.1) is 0 Å². The van der Waals surface area contributed by atoms with Crippen molar-refractivity contribution in [1.29, 1.82) is 0 Å². The highest BCUT2D eigenvalue weighted by atomic mass is 32.2. The molecule has 2 aromatic heterocycles. The van der Waals surface area contributed by atoms with E-state index in [1.165, 1.54) is 6.33 Å². The van der Waals surface area contributed by atoms with E-state index >= 15 is 0 Å². The molecule has 0 saturated heterocycles. The van der Waals surface area contributed by atoms with Gasteiger partial charge in [0.25, 0.3) is 0 Å². The number of nitrogens with zero attached hydrogens (tertiary/aromatic N) is 4. The Balaban J connectivity index is 1.90. The molecule has 0 bridgehead atoms. The summed E-state index contributed by atoms with van der Waals surface area (Å²) in [5.41, 5.74) is 0.919. The summed E-state index contributed by atoms with van der Waals surface area (Å²) in [7, 11) is 0. The van der Waals surface area contributed by atoms with E-state index in [1.807, 2.05) is 6.92 Å². The highest BCUT2D eigenvalue weighted by Crippen LogP contribution is 2.16. The maximum Gasteiger partial charge on any atom is 0.183 e. The molecule has 0 amide bonds. The van der Waals surface area contributed by atoms with Crippen molar-refractivity contribution < 1.29 is 0 Å². The van der Waals surface area contributed by atoms with E-state index in [9.17, 15) is 0 Å². The summed E-state index contributed by atoms with van der Waals surface area (Å²) in [6.45, 7) is 2.87. The van der Waals surface area contributed by atoms with Crippen molar-refractivity contribution >= 4 is 17.6 Å². The number of aromatic amines is 1. The number of anilines is 1. The average molecular weight is 236 g/mol. The molecular weight excluding hydrogens is 224 g/mol. The third-order valence-corrected chi connectivity index (χ3v) is 2.72. The smallest absolute Gasteiger partial charge is 0.183 e. The number of rotatable bonds is 5. The third-order valence-electron chi connectivity index (χ3n) is 1.81. The fraction of sp³-hybridized carbons (Fsp3) is 0.333. The van der Waals surface area contributed by atoms with Crippen LogP contribution < -0.4 is 5.32 Å². The van der Waals surface area contributed by atoms with Crippen LogP contribution in [0.5, 0.6) is 0 Å². The minimum atomic E-state index is 0.731. The second-order valence-electron chi connectivity index (χ2n) is 3.00. The predicted octanol–water partition coefficient (Wildman–Crippen LogP) is 1.32. The summed E-state index contributed by atoms with van der Waals surface area (Å²) in [6.07, 6.45) is 4.99. The highest BCUT2D eigenvalue weighted by molar-refractivity contribution is 7.98. The molecule has 0 atom stereocenters. The van der Waals surface area contributed by atoms with E-state index in [1.54, 1.807) is 24.2 Å². The van der Waals surface area contributed by atoms with E-state index < -0.39 is 0 Å². The van der Waals surface area contributed by atoms with E-state index in [0.717, 1.165) is 29.0 Å². The standard InChI is InChI=1S/C9H12N6S/c1-2-10-8-4-11-7(3-12-8)5-16-9-13-6-14-15-9/h3-4,6H,2,5H2,1H3,(H,10,12)(H,13,14,15). The maximum atomic E-state index is 4.29. The second kappa shape index (κ2) is 5.45. The Morgan fingerprint density at radius 1 is 1.31 bits per heavy atom. The molecule has 0 aliphatic rings. The van der Waals surface area contributed by atoms with Crippen LogP contribution in [-0.4, -0.2) is 31.7 Å². The van der Waals surface area contributed by atoms with Gasteiger partial charge in [-0.25, -0.2) is 9.97 Å². The van der Waals surface area contributed by atoms with Crippen LogP contribution in [0.3, 0.4) is 0 Å². The van der Waals surface area contributed by atoms with Crippen molar-refractivity contribution in [3.8, 4) is 0 Å². The Morgan fingerprint density at radius 2 is 2.25 bits per heavy atom. The zero-order valence-electron chi connectivity index (χ0n) is 8.84. The van der Waals surface area contributed by atoms with Crippen LogP contribution in [0.4, 0.5) is 5.82 Å². The maximum absolute atomic E-state index is 4.29. The predicted molar refractivity (Wildman–Crippen MR) is 62.1 cm³/mol. The Hall–Kier alpha value is -1.63. The molecule has 2 heterocycles. The minimum Gasteiger partial charge on any atom is -0.369 e. The lowest BCUT2D eigenvalue weighted by Gasteiger charge is -2.02. The van der Waals surface area contributed by atoms with Crippen LogP contribution in [0.15, 0.2) is 23.9 Å². The van der Waals surface area contributed by atoms with E-state index in [4.69, 9.17) is 0 Å². The summed E-state index contributed by atoms with van der Waals surface area (Å²) in [4.78, 5) is 12.5. The zero-order chi connectivity index (χ0) is 11.2. The molecule has 0 unspecified atom stereocenters. The van der Waals surface area contributed by atoms with Gasteiger partial charge in [0.05, 0.1) is 18.1 Å². The average Bonchev–Trinajstić information content (AvgIpc) is 2.82. The molecule has 0 aromatic carbocycles. The molecule has 0 saturated carbocycles. The molecule has 2 aromatic rings. The number of nitrogens with one attached hydrogen (secondary N) is 2. The molecule has 6 nitrogen and oxygen atoms in total. The largest absolute Gasteiger partial charge is 0.369 e. The van der Waals surface area contributed by atoms with Crippen molar-refractivity contribution in [1.82, 2.24) is 25.1 Å². The second-order valence-corrected chi connectivity index (χ2v) is 3.97. The van der Waals surface area contributed by atoms with Crippen LogP contribution in [0.1, 0.15) is 12.6 Å². The van der Waals surface area contributed by atoms with Gasteiger partial charge in [-0.3, -0.25) is 10.1 Å². The molecule has 16 heavy (non-hydrogen) atoms. The monoisotopic (exact) mass is 236 g/mol. The number of hydrogen-bond donors (Lipinski definition) is 2. The zero-order valence-corrected chi connectivity index (χ0v) is 9.66. The van der Waals surface area contributed by atoms with Gasteiger partial charge in [-0.2, -0.15) is 5.10 Å². The van der Waals surface area contributed by atoms with Crippen LogP contribution in [0.2, 0.25) is 0 Å². The molecule has 0 fully saturated rings. The molecule has 84 valence electrons. The van der Waals surface area contributed by atoms with Gasteiger partial charge < -0.3 is 5.32 Å². The van der Waals surface area contributed by atoms with Gasteiger partial charge in [0.15, 0.2) is 5.16 Å². The van der Waals surface area contributed by atoms with Crippen molar-refractivity contribution in [2.45, 2.75) is 17.8 Å². The Morgan fingerprint density at radius 3 is 2.88 bits per heavy atom. The Kier molecular flexibility index (Phi) is 3.71. The Bertz CT molecular complexity index is 412. The van der Waals surface area contributed by atoms with Gasteiger partial charge in [-0.1, -0.05) is 11.8 Å². The first-order valence-electron chi connectivity index (χ1n) is 4.91. The first-order valence-corrected chi connectivity index (χ1v) is 5.90. The van der Waals surface area contributed by atoms with Gasteiger partial charge >= 0.3 is 0 Å². The molecule has 0 radical (unpaired) electrons. The number of aromatic nitrogens is 5.